The SMILES string of the molecule is CC(Sc1nnc(-c2ccccc2F)n1C)C(=O)Nc1ccccc1. The molecule has 0 radical (unpaired) electrons. The number of anilines is 1. The molecule has 0 bridgehead atoms. The van der Waals surface area contributed by atoms with E-state index in [1.807, 2.05) is 30.3 Å². The van der Waals surface area contributed by atoms with E-state index in [2.05, 4.69) is 15.5 Å². The summed E-state index contributed by atoms with van der Waals surface area (Å²) in [6.07, 6.45) is 0. The average molecular weight is 356 g/mol. The highest BCUT2D eigenvalue weighted by Crippen LogP contribution is 2.27. The number of amides is 1. The molecule has 1 aromatic heterocycles. The van der Waals surface area contributed by atoms with Crippen molar-refractivity contribution in [2.75, 3.05) is 5.32 Å². The molecular formula is C18H17FN4OS. The van der Waals surface area contributed by atoms with E-state index in [4.69, 9.17) is 0 Å². The van der Waals surface area contributed by atoms with Gasteiger partial charge in [-0.3, -0.25) is 4.79 Å². The quantitative estimate of drug-likeness (QED) is 0.708. The highest BCUT2D eigenvalue weighted by Gasteiger charge is 2.20. The third-order valence-corrected chi connectivity index (χ3v) is 4.78. The lowest BCUT2D eigenvalue weighted by atomic mass is 10.2. The van der Waals surface area contributed by atoms with Crippen LogP contribution in [0.3, 0.4) is 0 Å². The monoisotopic (exact) mass is 356 g/mol. The van der Waals surface area contributed by atoms with E-state index < -0.39 is 0 Å². The molecule has 0 fully saturated rings. The van der Waals surface area contributed by atoms with Crippen molar-refractivity contribution in [2.24, 2.45) is 7.05 Å². The number of benzene rings is 2. The zero-order valence-corrected chi connectivity index (χ0v) is 14.6. The molecule has 0 saturated heterocycles. The fourth-order valence-electron chi connectivity index (χ4n) is 2.27. The maximum atomic E-state index is 13.9. The molecule has 1 unspecified atom stereocenters. The minimum atomic E-state index is -0.378. The van der Waals surface area contributed by atoms with Crippen LogP contribution in [0.5, 0.6) is 0 Å². The van der Waals surface area contributed by atoms with Gasteiger partial charge in [0.1, 0.15) is 5.82 Å². The van der Waals surface area contributed by atoms with E-state index in [0.29, 0.717) is 16.5 Å². The van der Waals surface area contributed by atoms with Crippen molar-refractivity contribution in [1.82, 2.24) is 14.8 Å². The Morgan fingerprint density at radius 1 is 1.12 bits per heavy atom. The highest BCUT2D eigenvalue weighted by molar-refractivity contribution is 8.00. The average Bonchev–Trinajstić information content (AvgIpc) is 2.97. The predicted octanol–water partition coefficient (Wildman–Crippen LogP) is 3.74. The van der Waals surface area contributed by atoms with Crippen molar-refractivity contribution in [1.29, 1.82) is 0 Å². The van der Waals surface area contributed by atoms with Crippen molar-refractivity contribution in [3.63, 3.8) is 0 Å². The molecule has 128 valence electrons. The minimum Gasteiger partial charge on any atom is -0.325 e. The van der Waals surface area contributed by atoms with Gasteiger partial charge in [0.25, 0.3) is 0 Å². The van der Waals surface area contributed by atoms with E-state index in [0.717, 1.165) is 5.69 Å². The van der Waals surface area contributed by atoms with Crippen LogP contribution in [0.1, 0.15) is 6.92 Å². The van der Waals surface area contributed by atoms with Crippen molar-refractivity contribution >= 4 is 23.4 Å². The van der Waals surface area contributed by atoms with Gasteiger partial charge in [0.05, 0.1) is 10.8 Å². The second-order valence-electron chi connectivity index (χ2n) is 5.46. The van der Waals surface area contributed by atoms with Crippen molar-refractivity contribution in [2.45, 2.75) is 17.3 Å². The molecule has 1 heterocycles. The van der Waals surface area contributed by atoms with E-state index >= 15 is 0 Å². The number of carbonyl (C=O) groups is 1. The van der Waals surface area contributed by atoms with Gasteiger partial charge in [-0.1, -0.05) is 42.1 Å². The Hall–Kier alpha value is -2.67. The van der Waals surface area contributed by atoms with Crippen molar-refractivity contribution in [3.05, 3.63) is 60.4 Å². The molecule has 5 nitrogen and oxygen atoms in total. The molecule has 2 aromatic carbocycles. The summed E-state index contributed by atoms with van der Waals surface area (Å²) < 4.78 is 15.6. The maximum absolute atomic E-state index is 13.9. The minimum absolute atomic E-state index is 0.133. The van der Waals surface area contributed by atoms with Crippen LogP contribution in [0.2, 0.25) is 0 Å². The van der Waals surface area contributed by atoms with Gasteiger partial charge in [-0.2, -0.15) is 0 Å². The molecule has 0 aliphatic heterocycles. The molecule has 0 saturated carbocycles. The van der Waals surface area contributed by atoms with Gasteiger partial charge in [-0.25, -0.2) is 4.39 Å². The number of nitrogens with zero attached hydrogens (tertiary/aromatic N) is 3. The molecule has 3 aromatic rings. The molecule has 0 aliphatic carbocycles. The number of halogens is 1. The standard InChI is InChI=1S/C18H17FN4OS/c1-12(17(24)20-13-8-4-3-5-9-13)25-18-22-21-16(23(18)2)14-10-6-7-11-15(14)19/h3-12H,1-2H3,(H,20,24). The number of hydrogen-bond donors (Lipinski definition) is 1. The van der Waals surface area contributed by atoms with Gasteiger partial charge in [-0.15, -0.1) is 10.2 Å². The molecule has 0 aliphatic rings. The summed E-state index contributed by atoms with van der Waals surface area (Å²) in [7, 11) is 1.76. The number of para-hydroxylation sites is 1. The van der Waals surface area contributed by atoms with Crippen LogP contribution in [-0.2, 0) is 11.8 Å². The van der Waals surface area contributed by atoms with Gasteiger partial charge in [0.2, 0.25) is 5.91 Å². The van der Waals surface area contributed by atoms with E-state index in [-0.39, 0.29) is 17.0 Å². The van der Waals surface area contributed by atoms with E-state index in [1.54, 1.807) is 36.7 Å². The second kappa shape index (κ2) is 7.48. The Kier molecular flexibility index (Phi) is 5.14. The fourth-order valence-corrected chi connectivity index (χ4v) is 3.09. The second-order valence-corrected chi connectivity index (χ2v) is 6.77. The summed E-state index contributed by atoms with van der Waals surface area (Å²) in [5.41, 5.74) is 1.12. The molecule has 3 rings (SSSR count). The molecule has 7 heteroatoms. The van der Waals surface area contributed by atoms with Crippen molar-refractivity contribution < 1.29 is 9.18 Å². The van der Waals surface area contributed by atoms with Crippen LogP contribution in [-0.4, -0.2) is 25.9 Å². The van der Waals surface area contributed by atoms with Gasteiger partial charge < -0.3 is 9.88 Å². The molecule has 1 N–H and O–H groups in total. The summed E-state index contributed by atoms with van der Waals surface area (Å²) in [6.45, 7) is 1.79. The highest BCUT2D eigenvalue weighted by atomic mass is 32.2. The number of hydrogen-bond acceptors (Lipinski definition) is 4. The Labute approximate surface area is 149 Å². The van der Waals surface area contributed by atoms with Crippen LogP contribution in [0.25, 0.3) is 11.4 Å². The first-order valence-corrected chi connectivity index (χ1v) is 8.61. The van der Waals surface area contributed by atoms with E-state index in [1.165, 1.54) is 17.8 Å². The molecular weight excluding hydrogens is 339 g/mol. The van der Waals surface area contributed by atoms with Crippen LogP contribution in [0.15, 0.2) is 59.8 Å². The van der Waals surface area contributed by atoms with Gasteiger partial charge in [0.15, 0.2) is 11.0 Å². The Morgan fingerprint density at radius 3 is 2.52 bits per heavy atom. The lowest BCUT2D eigenvalue weighted by molar-refractivity contribution is -0.115. The first kappa shape index (κ1) is 17.2. The number of rotatable bonds is 5. The molecule has 1 amide bonds. The number of nitrogens with one attached hydrogen (secondary N) is 1. The Bertz CT molecular complexity index is 882. The third-order valence-electron chi connectivity index (χ3n) is 3.64. The zero-order valence-electron chi connectivity index (χ0n) is 13.8. The van der Waals surface area contributed by atoms with E-state index in [9.17, 15) is 9.18 Å². The Morgan fingerprint density at radius 2 is 1.80 bits per heavy atom. The number of carbonyl (C=O) groups excluding carboxylic acids is 1. The lowest BCUT2D eigenvalue weighted by Gasteiger charge is -2.11. The largest absolute Gasteiger partial charge is 0.325 e. The van der Waals surface area contributed by atoms with Gasteiger partial charge >= 0.3 is 0 Å². The third kappa shape index (κ3) is 3.88. The normalized spacial score (nSPS) is 12.0. The summed E-state index contributed by atoms with van der Waals surface area (Å²) in [5, 5.41) is 11.2. The molecule has 25 heavy (non-hydrogen) atoms. The summed E-state index contributed by atoms with van der Waals surface area (Å²) in [6, 6.07) is 15.7. The molecule has 0 spiro atoms. The summed E-state index contributed by atoms with van der Waals surface area (Å²) in [4.78, 5) is 12.3. The maximum Gasteiger partial charge on any atom is 0.237 e. The zero-order chi connectivity index (χ0) is 17.8. The molecule has 1 atom stereocenters. The van der Waals surface area contributed by atoms with Crippen molar-refractivity contribution in [3.8, 4) is 11.4 Å². The first-order chi connectivity index (χ1) is 12.1. The number of thioether (sulfide) groups is 1. The lowest BCUT2D eigenvalue weighted by Crippen LogP contribution is -2.22. The van der Waals surface area contributed by atoms with Gasteiger partial charge in [0, 0.05) is 12.7 Å². The Balaban J connectivity index is 1.73. The first-order valence-electron chi connectivity index (χ1n) is 7.73. The van der Waals surface area contributed by atoms with Crippen LogP contribution >= 0.6 is 11.8 Å². The summed E-state index contributed by atoms with van der Waals surface area (Å²) in [5.74, 6) is -0.0627. The van der Waals surface area contributed by atoms with Crippen LogP contribution in [0.4, 0.5) is 10.1 Å². The van der Waals surface area contributed by atoms with Crippen LogP contribution in [0, 0.1) is 5.82 Å². The number of aromatic nitrogens is 3. The van der Waals surface area contributed by atoms with Gasteiger partial charge in [-0.05, 0) is 31.2 Å². The van der Waals surface area contributed by atoms with Crippen LogP contribution < -0.4 is 5.32 Å². The smallest absolute Gasteiger partial charge is 0.237 e. The topological polar surface area (TPSA) is 59.8 Å². The fraction of sp³-hybridized carbons (Fsp3) is 0.167. The summed E-state index contributed by atoms with van der Waals surface area (Å²) >= 11 is 1.27. The predicted molar refractivity (Wildman–Crippen MR) is 96.8 cm³/mol.